The van der Waals surface area contributed by atoms with Crippen molar-refractivity contribution in [2.24, 2.45) is 40.7 Å². The number of thiazole rings is 1. The topological polar surface area (TPSA) is 114 Å². The number of hydrogen-bond donors (Lipinski definition) is 3. The number of carbonyl (C=O) groups excluding carboxylic acids is 2. The van der Waals surface area contributed by atoms with Gasteiger partial charge in [-0.2, -0.15) is 0 Å². The molecule has 0 aromatic carbocycles. The molecule has 0 aliphatic rings. The highest BCUT2D eigenvalue weighted by atomic mass is 32.1. The number of Topliss-reactive ketones (excluding diaryl/α,β-unsaturated/α-hetero) is 2. The Morgan fingerprint density at radius 2 is 1.68 bits per heavy atom. The molecular formula is C31H52N2O4S. The van der Waals surface area contributed by atoms with Crippen LogP contribution in [0.4, 0.5) is 0 Å². The molecule has 1 unspecified atom stereocenters. The fourth-order valence-corrected chi connectivity index (χ4v) is 5.74. The molecular weight excluding hydrogens is 496 g/mol. The Kier molecular flexibility index (Phi) is 13.7. The van der Waals surface area contributed by atoms with Crippen LogP contribution in [0.5, 0.6) is 0 Å². The summed E-state index contributed by atoms with van der Waals surface area (Å²) in [6.07, 6.45) is 4.09. The van der Waals surface area contributed by atoms with Gasteiger partial charge in [0.2, 0.25) is 0 Å². The van der Waals surface area contributed by atoms with E-state index >= 15 is 0 Å². The Bertz CT molecular complexity index is 957. The zero-order valence-corrected chi connectivity index (χ0v) is 25.8. The molecule has 7 heteroatoms. The number of aliphatic hydroxyl groups is 2. The van der Waals surface area contributed by atoms with Crippen molar-refractivity contribution < 1.29 is 19.8 Å². The predicted molar refractivity (Wildman–Crippen MR) is 159 cm³/mol. The van der Waals surface area contributed by atoms with E-state index in [0.29, 0.717) is 11.8 Å². The van der Waals surface area contributed by atoms with E-state index in [1.807, 2.05) is 13.8 Å². The zero-order valence-electron chi connectivity index (χ0n) is 25.0. The highest BCUT2D eigenvalue weighted by Gasteiger charge is 2.43. The summed E-state index contributed by atoms with van der Waals surface area (Å²) in [7, 11) is 0. The summed E-state index contributed by atoms with van der Waals surface area (Å²) in [4.78, 5) is 29.2. The summed E-state index contributed by atoms with van der Waals surface area (Å²) in [5.41, 5.74) is 7.64. The molecule has 4 N–H and O–H groups in total. The Labute approximate surface area is 234 Å². The Morgan fingerprint density at radius 3 is 2.18 bits per heavy atom. The third kappa shape index (κ3) is 9.22. The minimum Gasteiger partial charge on any atom is -0.392 e. The molecule has 38 heavy (non-hydrogen) atoms. The van der Waals surface area contributed by atoms with Gasteiger partial charge >= 0.3 is 0 Å². The lowest BCUT2D eigenvalue weighted by Crippen LogP contribution is -2.46. The smallest absolute Gasteiger partial charge is 0.150 e. The molecule has 0 fully saturated rings. The van der Waals surface area contributed by atoms with Gasteiger partial charge in [-0.15, -0.1) is 17.9 Å². The largest absolute Gasteiger partial charge is 0.392 e. The van der Waals surface area contributed by atoms with Crippen molar-refractivity contribution in [3.05, 3.63) is 34.3 Å². The maximum Gasteiger partial charge on any atom is 0.150 e. The van der Waals surface area contributed by atoms with Crippen molar-refractivity contribution in [2.75, 3.05) is 0 Å². The summed E-state index contributed by atoms with van der Waals surface area (Å²) in [5.74, 6) is -0.291. The highest BCUT2D eigenvalue weighted by Crippen LogP contribution is 2.34. The number of ketones is 2. The molecule has 0 saturated heterocycles. The summed E-state index contributed by atoms with van der Waals surface area (Å²) in [6, 6.07) is 0.0275. The lowest BCUT2D eigenvalue weighted by atomic mass is 9.71. The van der Waals surface area contributed by atoms with E-state index in [1.54, 1.807) is 25.2 Å². The first kappa shape index (κ1) is 34.4. The van der Waals surface area contributed by atoms with Gasteiger partial charge in [0.25, 0.3) is 0 Å². The standard InChI is InChI=1S/C31H52N2O4S/c1-11-31(10,27(35)16-21(5)34)30(37)24(8)29(36)19(3)14-12-13-18(2)22(6)28(32)23(7)20(4)15-26-17-38-25(9)33-26/h11,15,17-19,22-24,27-29,35-36H,1,12-14,16,32H2,2-10H3/b20-15+/t18-,19-,22+,23+,24+,27-,28?,29-,31-/m0/s1. The van der Waals surface area contributed by atoms with Crippen molar-refractivity contribution in [1.29, 1.82) is 0 Å². The number of aryl methyl sites for hydroxylation is 1. The van der Waals surface area contributed by atoms with E-state index in [1.165, 1.54) is 18.6 Å². The van der Waals surface area contributed by atoms with Crippen LogP contribution in [0.15, 0.2) is 23.6 Å². The van der Waals surface area contributed by atoms with Crippen LogP contribution in [0, 0.1) is 41.9 Å². The van der Waals surface area contributed by atoms with Gasteiger partial charge in [0.05, 0.1) is 28.3 Å². The van der Waals surface area contributed by atoms with Crippen molar-refractivity contribution >= 4 is 29.0 Å². The molecule has 0 aliphatic heterocycles. The second-order valence-corrected chi connectivity index (χ2v) is 12.9. The molecule has 1 heterocycles. The molecule has 0 aliphatic carbocycles. The number of hydrogen-bond acceptors (Lipinski definition) is 7. The van der Waals surface area contributed by atoms with Crippen molar-refractivity contribution in [3.8, 4) is 0 Å². The van der Waals surface area contributed by atoms with E-state index in [0.717, 1.165) is 30.0 Å². The quantitative estimate of drug-likeness (QED) is 0.206. The van der Waals surface area contributed by atoms with E-state index in [-0.39, 0.29) is 35.9 Å². The molecule has 1 rings (SSSR count). The molecule has 9 atom stereocenters. The van der Waals surface area contributed by atoms with Crippen LogP contribution in [0.2, 0.25) is 0 Å². The summed E-state index contributed by atoms with van der Waals surface area (Å²) < 4.78 is 0. The molecule has 0 saturated carbocycles. The average Bonchev–Trinajstić information content (AvgIpc) is 3.28. The Hall–Kier alpha value is -1.67. The predicted octanol–water partition coefficient (Wildman–Crippen LogP) is 6.00. The van der Waals surface area contributed by atoms with Gasteiger partial charge in [-0.3, -0.25) is 9.59 Å². The van der Waals surface area contributed by atoms with Crippen LogP contribution in [-0.2, 0) is 9.59 Å². The van der Waals surface area contributed by atoms with Crippen LogP contribution in [0.3, 0.4) is 0 Å². The van der Waals surface area contributed by atoms with Crippen molar-refractivity contribution in [3.63, 3.8) is 0 Å². The number of nitrogens with two attached hydrogens (primary N) is 1. The number of nitrogens with zero attached hydrogens (tertiary/aromatic N) is 1. The summed E-state index contributed by atoms with van der Waals surface area (Å²) >= 11 is 1.65. The van der Waals surface area contributed by atoms with Gasteiger partial charge < -0.3 is 15.9 Å². The first-order chi connectivity index (χ1) is 17.6. The highest BCUT2D eigenvalue weighted by molar-refractivity contribution is 7.09. The van der Waals surface area contributed by atoms with Crippen LogP contribution in [0.25, 0.3) is 6.08 Å². The van der Waals surface area contributed by atoms with Crippen molar-refractivity contribution in [1.82, 2.24) is 4.98 Å². The van der Waals surface area contributed by atoms with Gasteiger partial charge in [0.15, 0.2) is 0 Å². The number of aliphatic hydroxyl groups excluding tert-OH is 2. The second kappa shape index (κ2) is 15.2. The van der Waals surface area contributed by atoms with Gasteiger partial charge in [-0.05, 0) is 63.9 Å². The Morgan fingerprint density at radius 1 is 1.11 bits per heavy atom. The first-order valence-electron chi connectivity index (χ1n) is 14.0. The third-order valence-corrected chi connectivity index (χ3v) is 9.56. The minimum atomic E-state index is -1.28. The Balaban J connectivity index is 2.67. The number of aromatic nitrogens is 1. The number of carbonyl (C=O) groups is 2. The maximum atomic E-state index is 13.2. The van der Waals surface area contributed by atoms with E-state index in [9.17, 15) is 19.8 Å². The molecule has 1 aromatic heterocycles. The molecule has 6 nitrogen and oxygen atoms in total. The molecule has 0 radical (unpaired) electrons. The van der Waals surface area contributed by atoms with E-state index in [2.05, 4.69) is 50.7 Å². The van der Waals surface area contributed by atoms with Gasteiger partial charge in [0.1, 0.15) is 11.6 Å². The number of rotatable bonds is 17. The lowest BCUT2D eigenvalue weighted by Gasteiger charge is -2.35. The molecule has 0 spiro atoms. The first-order valence-corrected chi connectivity index (χ1v) is 14.8. The molecule has 0 bridgehead atoms. The van der Waals surface area contributed by atoms with Gasteiger partial charge in [-0.25, -0.2) is 4.98 Å². The molecule has 1 aromatic rings. The molecule has 216 valence electrons. The third-order valence-electron chi connectivity index (χ3n) is 8.77. The zero-order chi connectivity index (χ0) is 29.4. The van der Waals surface area contributed by atoms with Crippen LogP contribution >= 0.6 is 11.3 Å². The fourth-order valence-electron chi connectivity index (χ4n) is 5.17. The average molecular weight is 549 g/mol. The summed E-state index contributed by atoms with van der Waals surface area (Å²) in [6.45, 7) is 21.1. The van der Waals surface area contributed by atoms with E-state index < -0.39 is 23.5 Å². The minimum absolute atomic E-state index is 0.0275. The van der Waals surface area contributed by atoms with Gasteiger partial charge in [-0.1, -0.05) is 59.1 Å². The van der Waals surface area contributed by atoms with Crippen LogP contribution in [0.1, 0.15) is 91.8 Å². The lowest BCUT2D eigenvalue weighted by molar-refractivity contribution is -0.140. The second-order valence-electron chi connectivity index (χ2n) is 11.8. The van der Waals surface area contributed by atoms with E-state index in [4.69, 9.17) is 5.73 Å². The van der Waals surface area contributed by atoms with Crippen molar-refractivity contribution in [2.45, 2.75) is 106 Å². The SMILES string of the molecule is C=C[C@](C)(C(=O)[C@H](C)[C@@H](O)[C@@H](C)CCC[C@H](C)[C@@H](C)C(N)[C@H](C)/C(C)=C/c1csc(C)n1)[C@@H](O)CC(C)=O. The summed E-state index contributed by atoms with van der Waals surface area (Å²) in [5, 5.41) is 24.6. The monoisotopic (exact) mass is 548 g/mol. The van der Waals surface area contributed by atoms with Crippen LogP contribution < -0.4 is 5.73 Å². The maximum absolute atomic E-state index is 13.2. The fraction of sp³-hybridized carbons (Fsp3) is 0.710. The normalized spacial score (nSPS) is 20.4. The van der Waals surface area contributed by atoms with Gasteiger partial charge in [0, 0.05) is 23.8 Å². The van der Waals surface area contributed by atoms with Crippen LogP contribution in [-0.4, -0.2) is 45.0 Å². The molecule has 0 amide bonds.